The predicted molar refractivity (Wildman–Crippen MR) is 75.2 cm³/mol. The van der Waals surface area contributed by atoms with Crippen LogP contribution in [0.4, 0.5) is 5.69 Å². The number of rotatable bonds is 4. The first-order chi connectivity index (χ1) is 9.97. The lowest BCUT2D eigenvalue weighted by atomic mass is 10.2. The van der Waals surface area contributed by atoms with Crippen molar-refractivity contribution in [3.05, 3.63) is 34.4 Å². The van der Waals surface area contributed by atoms with Gasteiger partial charge in [0.2, 0.25) is 0 Å². The number of nitrogens with zero attached hydrogens (tertiary/aromatic N) is 2. The molecular weight excluding hydrogens is 276 g/mol. The van der Waals surface area contributed by atoms with E-state index in [1.165, 1.54) is 12.1 Å². The minimum absolute atomic E-state index is 0.0243. The lowest BCUT2D eigenvalue weighted by Crippen LogP contribution is -2.49. The van der Waals surface area contributed by atoms with Gasteiger partial charge in [-0.2, -0.15) is 0 Å². The van der Waals surface area contributed by atoms with Crippen LogP contribution in [0.5, 0.6) is 5.75 Å². The molecule has 1 heterocycles. The predicted octanol–water partition coefficient (Wildman–Crippen LogP) is 1.61. The van der Waals surface area contributed by atoms with Crippen molar-refractivity contribution in [1.29, 1.82) is 0 Å². The van der Waals surface area contributed by atoms with Crippen LogP contribution in [-0.2, 0) is 9.53 Å². The maximum atomic E-state index is 12.1. The average molecular weight is 294 g/mol. The first kappa shape index (κ1) is 15.2. The van der Waals surface area contributed by atoms with E-state index in [1.807, 2.05) is 13.8 Å². The summed E-state index contributed by atoms with van der Waals surface area (Å²) < 4.78 is 10.9. The molecule has 2 atom stereocenters. The van der Waals surface area contributed by atoms with Crippen LogP contribution in [0.1, 0.15) is 13.8 Å². The monoisotopic (exact) mass is 294 g/mol. The zero-order chi connectivity index (χ0) is 15.4. The highest BCUT2D eigenvalue weighted by Crippen LogP contribution is 2.25. The van der Waals surface area contributed by atoms with Crippen molar-refractivity contribution < 1.29 is 19.2 Å². The van der Waals surface area contributed by atoms with Gasteiger partial charge in [0.05, 0.1) is 17.1 Å². The number of nitro benzene ring substituents is 1. The Labute approximate surface area is 122 Å². The fraction of sp³-hybridized carbons (Fsp3) is 0.500. The number of nitro groups is 1. The molecule has 0 aliphatic carbocycles. The normalized spacial score (nSPS) is 21.9. The highest BCUT2D eigenvalue weighted by Gasteiger charge is 2.26. The fourth-order valence-corrected chi connectivity index (χ4v) is 2.34. The lowest BCUT2D eigenvalue weighted by molar-refractivity contribution is -0.385. The summed E-state index contributed by atoms with van der Waals surface area (Å²) in [7, 11) is 0. The molecule has 0 unspecified atom stereocenters. The number of hydrogen-bond donors (Lipinski definition) is 0. The van der Waals surface area contributed by atoms with Crippen LogP contribution in [0.3, 0.4) is 0 Å². The van der Waals surface area contributed by atoms with E-state index in [1.54, 1.807) is 17.0 Å². The molecule has 1 aromatic rings. The molecule has 7 nitrogen and oxygen atoms in total. The van der Waals surface area contributed by atoms with E-state index < -0.39 is 4.92 Å². The van der Waals surface area contributed by atoms with E-state index in [0.717, 1.165) is 0 Å². The minimum atomic E-state index is -0.529. The van der Waals surface area contributed by atoms with Crippen LogP contribution in [0.2, 0.25) is 0 Å². The van der Waals surface area contributed by atoms with Gasteiger partial charge < -0.3 is 14.4 Å². The maximum Gasteiger partial charge on any atom is 0.310 e. The van der Waals surface area contributed by atoms with Gasteiger partial charge in [0.1, 0.15) is 0 Å². The SMILES string of the molecule is C[C@H]1CN(C(=O)COc2ccccc2[N+](=O)[O-])C[C@H](C)O1. The number of carbonyl (C=O) groups excluding carboxylic acids is 1. The summed E-state index contributed by atoms with van der Waals surface area (Å²) in [6.07, 6.45) is -0.0486. The van der Waals surface area contributed by atoms with Crippen LogP contribution in [0.15, 0.2) is 24.3 Å². The number of ether oxygens (including phenoxy) is 2. The molecule has 0 bridgehead atoms. The molecule has 1 fully saturated rings. The van der Waals surface area contributed by atoms with E-state index in [4.69, 9.17) is 9.47 Å². The molecule has 1 aromatic carbocycles. The summed E-state index contributed by atoms with van der Waals surface area (Å²) in [4.78, 5) is 24.1. The minimum Gasteiger partial charge on any atom is -0.477 e. The molecule has 0 saturated carbocycles. The molecule has 114 valence electrons. The Hall–Kier alpha value is -2.15. The molecule has 7 heteroatoms. The molecule has 0 spiro atoms. The molecule has 1 amide bonds. The summed E-state index contributed by atoms with van der Waals surface area (Å²) in [6, 6.07) is 6.01. The molecule has 21 heavy (non-hydrogen) atoms. The van der Waals surface area contributed by atoms with Gasteiger partial charge in [-0.3, -0.25) is 14.9 Å². The van der Waals surface area contributed by atoms with Gasteiger partial charge in [-0.05, 0) is 19.9 Å². The van der Waals surface area contributed by atoms with Gasteiger partial charge in [-0.15, -0.1) is 0 Å². The molecule has 0 N–H and O–H groups in total. The standard InChI is InChI=1S/C14H18N2O5/c1-10-7-15(8-11(2)21-10)14(17)9-20-13-6-4-3-5-12(13)16(18)19/h3-6,10-11H,7-9H2,1-2H3/t10-,11-/m0/s1. The zero-order valence-corrected chi connectivity index (χ0v) is 12.0. The Bertz CT molecular complexity index is 524. The van der Waals surface area contributed by atoms with Crippen molar-refractivity contribution in [2.45, 2.75) is 26.1 Å². The van der Waals surface area contributed by atoms with Crippen LogP contribution in [0.25, 0.3) is 0 Å². The smallest absolute Gasteiger partial charge is 0.310 e. The van der Waals surface area contributed by atoms with E-state index in [9.17, 15) is 14.9 Å². The first-order valence-electron chi connectivity index (χ1n) is 6.77. The molecule has 0 radical (unpaired) electrons. The van der Waals surface area contributed by atoms with Gasteiger partial charge >= 0.3 is 5.69 Å². The molecule has 0 aromatic heterocycles. The number of benzene rings is 1. The summed E-state index contributed by atoms with van der Waals surface area (Å²) in [5.74, 6) is -0.0969. The lowest BCUT2D eigenvalue weighted by Gasteiger charge is -2.35. The third-order valence-electron chi connectivity index (χ3n) is 3.19. The van der Waals surface area contributed by atoms with Crippen molar-refractivity contribution >= 4 is 11.6 Å². The number of morpholine rings is 1. The third kappa shape index (κ3) is 3.91. The molecule has 1 aliphatic rings. The summed E-state index contributed by atoms with van der Waals surface area (Å²) in [6.45, 7) is 4.59. The number of carbonyl (C=O) groups is 1. The quantitative estimate of drug-likeness (QED) is 0.622. The van der Waals surface area contributed by atoms with Crippen molar-refractivity contribution in [1.82, 2.24) is 4.90 Å². The van der Waals surface area contributed by atoms with E-state index in [-0.39, 0.29) is 36.2 Å². The largest absolute Gasteiger partial charge is 0.477 e. The second-order valence-corrected chi connectivity index (χ2v) is 5.07. The highest BCUT2D eigenvalue weighted by molar-refractivity contribution is 5.78. The van der Waals surface area contributed by atoms with E-state index >= 15 is 0 Å². The topological polar surface area (TPSA) is 81.9 Å². The Morgan fingerprint density at radius 3 is 2.62 bits per heavy atom. The van der Waals surface area contributed by atoms with E-state index in [0.29, 0.717) is 13.1 Å². The number of hydrogen-bond acceptors (Lipinski definition) is 5. The average Bonchev–Trinajstić information content (AvgIpc) is 2.43. The van der Waals surface area contributed by atoms with Gasteiger partial charge in [-0.25, -0.2) is 0 Å². The molecule has 1 aliphatic heterocycles. The van der Waals surface area contributed by atoms with Gasteiger partial charge in [0.15, 0.2) is 12.4 Å². The van der Waals surface area contributed by atoms with Crippen molar-refractivity contribution in [2.75, 3.05) is 19.7 Å². The number of amides is 1. The molecule has 2 rings (SSSR count). The van der Waals surface area contributed by atoms with Crippen LogP contribution in [-0.4, -0.2) is 47.6 Å². The Morgan fingerprint density at radius 1 is 1.38 bits per heavy atom. The van der Waals surface area contributed by atoms with Crippen LogP contribution in [0, 0.1) is 10.1 Å². The molecular formula is C14H18N2O5. The first-order valence-corrected chi connectivity index (χ1v) is 6.77. The summed E-state index contributed by atoms with van der Waals surface area (Å²) in [5, 5.41) is 10.9. The van der Waals surface area contributed by atoms with Crippen LogP contribution < -0.4 is 4.74 Å². The summed E-state index contributed by atoms with van der Waals surface area (Å²) in [5.41, 5.74) is -0.144. The molecule has 1 saturated heterocycles. The van der Waals surface area contributed by atoms with Crippen molar-refractivity contribution in [3.63, 3.8) is 0 Å². The fourth-order valence-electron chi connectivity index (χ4n) is 2.34. The number of para-hydroxylation sites is 2. The Kier molecular flexibility index (Phi) is 4.74. The van der Waals surface area contributed by atoms with Gasteiger partial charge in [0, 0.05) is 19.2 Å². The van der Waals surface area contributed by atoms with Gasteiger partial charge in [0.25, 0.3) is 5.91 Å². The summed E-state index contributed by atoms with van der Waals surface area (Å²) >= 11 is 0. The second kappa shape index (κ2) is 6.53. The second-order valence-electron chi connectivity index (χ2n) is 5.07. The van der Waals surface area contributed by atoms with Crippen LogP contribution >= 0.6 is 0 Å². The van der Waals surface area contributed by atoms with Crippen molar-refractivity contribution in [3.8, 4) is 5.75 Å². The Morgan fingerprint density at radius 2 is 2.00 bits per heavy atom. The van der Waals surface area contributed by atoms with Crippen molar-refractivity contribution in [2.24, 2.45) is 0 Å². The third-order valence-corrected chi connectivity index (χ3v) is 3.19. The zero-order valence-electron chi connectivity index (χ0n) is 12.0. The van der Waals surface area contributed by atoms with E-state index in [2.05, 4.69) is 0 Å². The van der Waals surface area contributed by atoms with Gasteiger partial charge in [-0.1, -0.05) is 12.1 Å². The highest BCUT2D eigenvalue weighted by atomic mass is 16.6. The maximum absolute atomic E-state index is 12.1. The Balaban J connectivity index is 1.97.